The monoisotopic (exact) mass is 379 g/mol. The molecule has 0 aliphatic heterocycles. The fourth-order valence-corrected chi connectivity index (χ4v) is 3.09. The average molecular weight is 380 g/mol. The van der Waals surface area contributed by atoms with Crippen LogP contribution in [0.2, 0.25) is 0 Å². The number of amides is 1. The van der Waals surface area contributed by atoms with Crippen molar-refractivity contribution in [3.8, 4) is 0 Å². The lowest BCUT2D eigenvalue weighted by Gasteiger charge is -2.19. The number of carbonyl (C=O) groups excluding carboxylic acids is 1. The summed E-state index contributed by atoms with van der Waals surface area (Å²) in [5.41, 5.74) is 2.55. The Balaban J connectivity index is 1.84. The van der Waals surface area contributed by atoms with Gasteiger partial charge in [0.2, 0.25) is 0 Å². The van der Waals surface area contributed by atoms with E-state index in [1.54, 1.807) is 10.7 Å². The number of aromatic nitrogens is 3. The lowest BCUT2D eigenvalue weighted by molar-refractivity contribution is 0.102. The van der Waals surface area contributed by atoms with E-state index in [1.165, 1.54) is 5.56 Å². The van der Waals surface area contributed by atoms with Gasteiger partial charge in [0, 0.05) is 23.7 Å². The van der Waals surface area contributed by atoms with Gasteiger partial charge in [-0.15, -0.1) is 0 Å². The Morgan fingerprint density at radius 2 is 1.79 bits per heavy atom. The Labute approximate surface area is 166 Å². The van der Waals surface area contributed by atoms with Crippen LogP contribution in [0, 0.1) is 0 Å². The quantitative estimate of drug-likeness (QED) is 0.640. The fraction of sp³-hybridized carbons (Fsp3) is 0.409. The normalized spacial score (nSPS) is 11.8. The van der Waals surface area contributed by atoms with Crippen LogP contribution in [0.5, 0.6) is 0 Å². The van der Waals surface area contributed by atoms with Crippen molar-refractivity contribution in [1.82, 2.24) is 14.6 Å². The van der Waals surface area contributed by atoms with E-state index in [2.05, 4.69) is 55.3 Å². The van der Waals surface area contributed by atoms with Gasteiger partial charge in [-0.05, 0) is 36.0 Å². The molecule has 28 heavy (non-hydrogen) atoms. The Hall–Kier alpha value is -2.89. The number of nitrogens with zero attached hydrogens (tertiary/aromatic N) is 3. The Morgan fingerprint density at radius 1 is 1.11 bits per heavy atom. The van der Waals surface area contributed by atoms with Gasteiger partial charge in [0.05, 0.1) is 6.20 Å². The SMILES string of the molecule is CCC(CC)Nc1cc(NC(=O)c2ccc(C(C)(C)C)cc2)nc2ccnn12. The van der Waals surface area contributed by atoms with Gasteiger partial charge >= 0.3 is 0 Å². The van der Waals surface area contributed by atoms with Gasteiger partial charge in [0.25, 0.3) is 5.91 Å². The zero-order chi connectivity index (χ0) is 20.3. The van der Waals surface area contributed by atoms with Gasteiger partial charge in [-0.25, -0.2) is 4.98 Å². The molecule has 0 atom stereocenters. The van der Waals surface area contributed by atoms with E-state index in [9.17, 15) is 4.79 Å². The Kier molecular flexibility index (Phi) is 5.68. The molecule has 0 fully saturated rings. The van der Waals surface area contributed by atoms with Crippen LogP contribution in [0.4, 0.5) is 11.6 Å². The molecule has 6 nitrogen and oxygen atoms in total. The van der Waals surface area contributed by atoms with Crippen LogP contribution in [-0.4, -0.2) is 26.5 Å². The number of anilines is 2. The van der Waals surface area contributed by atoms with E-state index in [0.717, 1.165) is 18.7 Å². The van der Waals surface area contributed by atoms with E-state index in [4.69, 9.17) is 0 Å². The minimum absolute atomic E-state index is 0.0548. The standard InChI is InChI=1S/C22H29N5O/c1-6-17(7-2)24-20-14-18(25-19-12-13-23-27(19)20)26-21(28)15-8-10-16(11-9-15)22(3,4)5/h8-14,17,24H,6-7H2,1-5H3,(H,25,26,28). The molecule has 0 aliphatic rings. The molecule has 2 N–H and O–H groups in total. The third-order valence-electron chi connectivity index (χ3n) is 4.95. The van der Waals surface area contributed by atoms with Crippen molar-refractivity contribution in [3.05, 3.63) is 53.7 Å². The third-order valence-corrected chi connectivity index (χ3v) is 4.95. The first-order valence-electron chi connectivity index (χ1n) is 9.85. The molecular weight excluding hydrogens is 350 g/mol. The zero-order valence-electron chi connectivity index (χ0n) is 17.3. The average Bonchev–Trinajstić information content (AvgIpc) is 3.14. The van der Waals surface area contributed by atoms with Crippen molar-refractivity contribution >= 4 is 23.2 Å². The minimum atomic E-state index is -0.176. The van der Waals surface area contributed by atoms with Gasteiger partial charge in [-0.2, -0.15) is 9.61 Å². The van der Waals surface area contributed by atoms with Crippen LogP contribution >= 0.6 is 0 Å². The summed E-state index contributed by atoms with van der Waals surface area (Å²) < 4.78 is 1.76. The largest absolute Gasteiger partial charge is 0.367 e. The summed E-state index contributed by atoms with van der Waals surface area (Å²) in [6.07, 6.45) is 3.71. The van der Waals surface area contributed by atoms with Gasteiger partial charge in [-0.1, -0.05) is 46.8 Å². The highest BCUT2D eigenvalue weighted by Crippen LogP contribution is 2.23. The molecule has 0 bridgehead atoms. The van der Waals surface area contributed by atoms with E-state index < -0.39 is 0 Å². The Bertz CT molecular complexity index is 949. The molecule has 2 heterocycles. The number of rotatable bonds is 6. The van der Waals surface area contributed by atoms with Gasteiger partial charge < -0.3 is 10.6 Å². The topological polar surface area (TPSA) is 71.3 Å². The highest BCUT2D eigenvalue weighted by molar-refractivity contribution is 6.04. The molecule has 0 unspecified atom stereocenters. The summed E-state index contributed by atoms with van der Waals surface area (Å²) in [6, 6.07) is 11.7. The summed E-state index contributed by atoms with van der Waals surface area (Å²) in [4.78, 5) is 17.2. The zero-order valence-corrected chi connectivity index (χ0v) is 17.3. The molecule has 0 radical (unpaired) electrons. The third kappa shape index (κ3) is 4.32. The summed E-state index contributed by atoms with van der Waals surface area (Å²) >= 11 is 0. The first-order chi connectivity index (χ1) is 13.3. The van der Waals surface area contributed by atoms with Gasteiger partial charge in [-0.3, -0.25) is 4.79 Å². The molecule has 2 aromatic heterocycles. The highest BCUT2D eigenvalue weighted by atomic mass is 16.1. The number of hydrogen-bond acceptors (Lipinski definition) is 4. The molecule has 1 aromatic carbocycles. The lowest BCUT2D eigenvalue weighted by atomic mass is 9.87. The minimum Gasteiger partial charge on any atom is -0.367 e. The summed E-state index contributed by atoms with van der Waals surface area (Å²) in [7, 11) is 0. The number of fused-ring (bicyclic) bond motifs is 1. The lowest BCUT2D eigenvalue weighted by Crippen LogP contribution is -2.20. The second kappa shape index (κ2) is 8.00. The number of benzene rings is 1. The molecule has 0 saturated carbocycles. The molecule has 0 spiro atoms. The van der Waals surface area contributed by atoms with Crippen LogP contribution in [0.15, 0.2) is 42.6 Å². The van der Waals surface area contributed by atoms with E-state index in [0.29, 0.717) is 23.1 Å². The molecular formula is C22H29N5O. The van der Waals surface area contributed by atoms with Crippen molar-refractivity contribution in [3.63, 3.8) is 0 Å². The molecule has 6 heteroatoms. The number of carbonyl (C=O) groups is 1. The summed E-state index contributed by atoms with van der Waals surface area (Å²) in [6.45, 7) is 10.8. The molecule has 3 rings (SSSR count). The molecule has 148 valence electrons. The Morgan fingerprint density at radius 3 is 2.39 bits per heavy atom. The van der Waals surface area contributed by atoms with Crippen molar-refractivity contribution in [2.24, 2.45) is 0 Å². The second-order valence-electron chi connectivity index (χ2n) is 8.07. The smallest absolute Gasteiger partial charge is 0.256 e. The second-order valence-corrected chi connectivity index (χ2v) is 8.07. The molecule has 3 aromatic rings. The van der Waals surface area contributed by atoms with Crippen LogP contribution < -0.4 is 10.6 Å². The maximum atomic E-state index is 12.7. The van der Waals surface area contributed by atoms with Crippen molar-refractivity contribution < 1.29 is 4.79 Å². The number of nitrogens with one attached hydrogen (secondary N) is 2. The molecule has 0 saturated heterocycles. The first-order valence-corrected chi connectivity index (χ1v) is 9.85. The van der Waals surface area contributed by atoms with E-state index in [-0.39, 0.29) is 11.3 Å². The van der Waals surface area contributed by atoms with E-state index in [1.807, 2.05) is 36.4 Å². The summed E-state index contributed by atoms with van der Waals surface area (Å²) in [5.74, 6) is 1.15. The van der Waals surface area contributed by atoms with Crippen LogP contribution in [0.25, 0.3) is 5.65 Å². The highest BCUT2D eigenvalue weighted by Gasteiger charge is 2.16. The molecule has 0 aliphatic carbocycles. The first kappa shape index (κ1) is 19.9. The predicted molar refractivity (Wildman–Crippen MR) is 114 cm³/mol. The van der Waals surface area contributed by atoms with Crippen molar-refractivity contribution in [1.29, 1.82) is 0 Å². The fourth-order valence-electron chi connectivity index (χ4n) is 3.09. The maximum Gasteiger partial charge on any atom is 0.256 e. The van der Waals surface area contributed by atoms with Crippen LogP contribution in [-0.2, 0) is 5.41 Å². The van der Waals surface area contributed by atoms with Crippen LogP contribution in [0.1, 0.15) is 63.4 Å². The van der Waals surface area contributed by atoms with Gasteiger partial charge in [0.1, 0.15) is 11.6 Å². The summed E-state index contributed by atoms with van der Waals surface area (Å²) in [5, 5.41) is 10.7. The van der Waals surface area contributed by atoms with Crippen LogP contribution in [0.3, 0.4) is 0 Å². The maximum absolute atomic E-state index is 12.7. The molecule has 1 amide bonds. The number of hydrogen-bond donors (Lipinski definition) is 2. The predicted octanol–water partition coefficient (Wildman–Crippen LogP) is 4.88. The van der Waals surface area contributed by atoms with E-state index >= 15 is 0 Å². The van der Waals surface area contributed by atoms with Crippen molar-refractivity contribution in [2.45, 2.75) is 58.9 Å². The van der Waals surface area contributed by atoms with Crippen molar-refractivity contribution in [2.75, 3.05) is 10.6 Å². The van der Waals surface area contributed by atoms with Gasteiger partial charge in [0.15, 0.2) is 5.65 Å².